The maximum absolute atomic E-state index is 12.9. The number of benzene rings is 2. The van der Waals surface area contributed by atoms with E-state index in [-0.39, 0.29) is 28.1 Å². The van der Waals surface area contributed by atoms with Gasteiger partial charge in [0.2, 0.25) is 0 Å². The maximum Gasteiger partial charge on any atom is 0.313 e. The average molecular weight is 384 g/mol. The van der Waals surface area contributed by atoms with Crippen LogP contribution in [-0.4, -0.2) is 40.1 Å². The van der Waals surface area contributed by atoms with Gasteiger partial charge in [-0.3, -0.25) is 14.5 Å². The van der Waals surface area contributed by atoms with Crippen molar-refractivity contribution in [2.24, 2.45) is 4.99 Å². The lowest BCUT2D eigenvalue weighted by molar-refractivity contribution is -0.133. The topological polar surface area (TPSA) is 99.4 Å². The fourth-order valence-electron chi connectivity index (χ4n) is 2.49. The number of carbonyl (C=O) groups is 2. The van der Waals surface area contributed by atoms with Crippen molar-refractivity contribution in [2.75, 3.05) is 17.8 Å². The van der Waals surface area contributed by atoms with Gasteiger partial charge in [-0.05, 0) is 24.3 Å². The van der Waals surface area contributed by atoms with Gasteiger partial charge in [-0.2, -0.15) is 0 Å². The van der Waals surface area contributed by atoms with Crippen LogP contribution in [0.15, 0.2) is 59.2 Å². The number of hydrogen-bond acceptors (Lipinski definition) is 6. The molecule has 1 aliphatic rings. The third kappa shape index (κ3) is 3.95. The molecule has 0 atom stereocenters. The number of methoxy groups -OCH3 is 1. The van der Waals surface area contributed by atoms with Gasteiger partial charge >= 0.3 is 5.97 Å². The Bertz CT molecular complexity index is 940. The van der Waals surface area contributed by atoms with Gasteiger partial charge < -0.3 is 14.9 Å². The van der Waals surface area contributed by atoms with Gasteiger partial charge in [-0.15, -0.1) is 0 Å². The van der Waals surface area contributed by atoms with E-state index in [1.54, 1.807) is 42.5 Å². The van der Waals surface area contributed by atoms with E-state index in [4.69, 9.17) is 9.84 Å². The number of anilines is 1. The Morgan fingerprint density at radius 2 is 1.96 bits per heavy atom. The summed E-state index contributed by atoms with van der Waals surface area (Å²) in [5.74, 6) is -1.47. The summed E-state index contributed by atoms with van der Waals surface area (Å²) in [6.45, 7) is 0. The van der Waals surface area contributed by atoms with E-state index in [1.807, 2.05) is 6.07 Å². The van der Waals surface area contributed by atoms with Crippen molar-refractivity contribution in [1.29, 1.82) is 0 Å². The number of hydrogen-bond donors (Lipinski definition) is 2. The molecule has 8 heteroatoms. The van der Waals surface area contributed by atoms with Crippen molar-refractivity contribution in [3.05, 3.63) is 59.8 Å². The lowest BCUT2D eigenvalue weighted by Crippen LogP contribution is -2.30. The van der Waals surface area contributed by atoms with Gasteiger partial charge in [0.1, 0.15) is 5.70 Å². The molecule has 0 saturated heterocycles. The minimum absolute atomic E-state index is 0.0929. The number of aliphatic carboxylic acids is 1. The number of phenolic OH excluding ortho intramolecular Hbond substituents is 1. The highest BCUT2D eigenvalue weighted by Crippen LogP contribution is 2.34. The number of carboxylic acid groups (broad SMARTS) is 1. The van der Waals surface area contributed by atoms with Crippen LogP contribution in [0.25, 0.3) is 6.08 Å². The minimum atomic E-state index is -1.01. The summed E-state index contributed by atoms with van der Waals surface area (Å²) in [7, 11) is 1.43. The van der Waals surface area contributed by atoms with Crippen LogP contribution < -0.4 is 9.64 Å². The van der Waals surface area contributed by atoms with E-state index in [0.717, 1.165) is 11.8 Å². The van der Waals surface area contributed by atoms with Crippen molar-refractivity contribution in [3.8, 4) is 11.5 Å². The highest BCUT2D eigenvalue weighted by Gasteiger charge is 2.32. The first-order valence-corrected chi connectivity index (χ1v) is 8.90. The standard InChI is InChI=1S/C19H16N2O5S/c1-26-15-9-5-6-12(17(15)24)10-14-18(25)21(13-7-3-2-4-8-13)19(20-14)27-11-16(22)23/h2-10,24H,11H2,1H3,(H,22,23)/b14-10-. The van der Waals surface area contributed by atoms with E-state index >= 15 is 0 Å². The van der Waals surface area contributed by atoms with Crippen molar-refractivity contribution < 1.29 is 24.5 Å². The zero-order valence-electron chi connectivity index (χ0n) is 14.3. The fraction of sp³-hybridized carbons (Fsp3) is 0.105. The number of amidine groups is 1. The number of rotatable bonds is 5. The number of aliphatic imine (C=N–C) groups is 1. The Morgan fingerprint density at radius 1 is 1.22 bits per heavy atom. The van der Waals surface area contributed by atoms with Crippen LogP contribution in [0.1, 0.15) is 5.56 Å². The SMILES string of the molecule is COc1cccc(/C=C2\N=C(SCC(=O)O)N(c3ccccc3)C2=O)c1O. The molecular weight excluding hydrogens is 368 g/mol. The number of ether oxygens (including phenoxy) is 1. The molecular formula is C19H16N2O5S. The Kier molecular flexibility index (Phi) is 5.46. The second-order valence-corrected chi connectivity index (χ2v) is 6.42. The molecule has 3 rings (SSSR count). The number of thioether (sulfide) groups is 1. The number of phenols is 1. The second kappa shape index (κ2) is 7.96. The third-order valence-corrected chi connectivity index (χ3v) is 4.63. The van der Waals surface area contributed by atoms with Gasteiger partial charge in [0.05, 0.1) is 18.6 Å². The zero-order chi connectivity index (χ0) is 19.4. The average Bonchev–Trinajstić information content (AvgIpc) is 2.98. The molecule has 27 heavy (non-hydrogen) atoms. The molecule has 0 radical (unpaired) electrons. The molecule has 1 amide bonds. The second-order valence-electron chi connectivity index (χ2n) is 5.48. The Hall–Kier alpha value is -3.26. The quantitative estimate of drug-likeness (QED) is 0.769. The van der Waals surface area contributed by atoms with Crippen molar-refractivity contribution in [1.82, 2.24) is 0 Å². The highest BCUT2D eigenvalue weighted by molar-refractivity contribution is 8.14. The largest absolute Gasteiger partial charge is 0.504 e. The molecule has 0 bridgehead atoms. The number of aromatic hydroxyl groups is 1. The lowest BCUT2D eigenvalue weighted by Gasteiger charge is -2.17. The molecule has 0 aromatic heterocycles. The number of carbonyl (C=O) groups excluding carboxylic acids is 1. The van der Waals surface area contributed by atoms with E-state index < -0.39 is 11.9 Å². The predicted octanol–water partition coefficient (Wildman–Crippen LogP) is 2.96. The van der Waals surface area contributed by atoms with Gasteiger partial charge in [0, 0.05) is 5.56 Å². The van der Waals surface area contributed by atoms with Crippen LogP contribution in [0.2, 0.25) is 0 Å². The lowest BCUT2D eigenvalue weighted by atomic mass is 10.1. The summed E-state index contributed by atoms with van der Waals surface area (Å²) in [6, 6.07) is 13.8. The molecule has 1 heterocycles. The van der Waals surface area contributed by atoms with E-state index in [1.165, 1.54) is 18.1 Å². The van der Waals surface area contributed by atoms with Crippen LogP contribution in [0.4, 0.5) is 5.69 Å². The molecule has 0 unspecified atom stereocenters. The summed E-state index contributed by atoms with van der Waals surface area (Å²) in [5, 5.41) is 19.5. The molecule has 2 aromatic rings. The van der Waals surface area contributed by atoms with Gasteiger partial charge in [0.15, 0.2) is 16.7 Å². The Balaban J connectivity index is 2.01. The van der Waals surface area contributed by atoms with Gasteiger partial charge in [-0.25, -0.2) is 4.99 Å². The highest BCUT2D eigenvalue weighted by atomic mass is 32.2. The third-order valence-electron chi connectivity index (χ3n) is 3.71. The minimum Gasteiger partial charge on any atom is -0.504 e. The van der Waals surface area contributed by atoms with E-state index in [2.05, 4.69) is 4.99 Å². The van der Waals surface area contributed by atoms with Crippen LogP contribution in [-0.2, 0) is 9.59 Å². The summed E-state index contributed by atoms with van der Waals surface area (Å²) in [5.41, 5.74) is 1.05. The van der Waals surface area contributed by atoms with Gasteiger partial charge in [0.25, 0.3) is 5.91 Å². The summed E-state index contributed by atoms with van der Waals surface area (Å²) < 4.78 is 5.07. The van der Waals surface area contributed by atoms with Crippen molar-refractivity contribution in [3.63, 3.8) is 0 Å². The first-order valence-electron chi connectivity index (χ1n) is 7.91. The molecule has 1 aliphatic heterocycles. The summed E-state index contributed by atoms with van der Waals surface area (Å²) >= 11 is 0.953. The molecule has 138 valence electrons. The van der Waals surface area contributed by atoms with E-state index in [0.29, 0.717) is 11.3 Å². The number of nitrogens with zero attached hydrogens (tertiary/aromatic N) is 2. The summed E-state index contributed by atoms with van der Waals surface area (Å²) in [4.78, 5) is 29.5. The van der Waals surface area contributed by atoms with E-state index in [9.17, 15) is 14.7 Å². The van der Waals surface area contributed by atoms with Crippen molar-refractivity contribution >= 4 is 40.6 Å². The zero-order valence-corrected chi connectivity index (χ0v) is 15.1. The first kappa shape index (κ1) is 18.5. The van der Waals surface area contributed by atoms with Crippen molar-refractivity contribution in [2.45, 2.75) is 0 Å². The normalized spacial score (nSPS) is 15.1. The van der Waals surface area contributed by atoms with Crippen LogP contribution in [0.3, 0.4) is 0 Å². The maximum atomic E-state index is 12.9. The first-order chi connectivity index (χ1) is 13.0. The monoisotopic (exact) mass is 384 g/mol. The molecule has 0 fully saturated rings. The molecule has 0 spiro atoms. The molecule has 7 nitrogen and oxygen atoms in total. The Labute approximate surface area is 159 Å². The number of para-hydroxylation sites is 2. The smallest absolute Gasteiger partial charge is 0.313 e. The molecule has 0 aliphatic carbocycles. The van der Waals surface area contributed by atoms with Crippen LogP contribution >= 0.6 is 11.8 Å². The fourth-order valence-corrected chi connectivity index (χ4v) is 3.22. The van der Waals surface area contributed by atoms with Gasteiger partial charge in [-0.1, -0.05) is 42.1 Å². The summed E-state index contributed by atoms with van der Waals surface area (Å²) in [6.07, 6.45) is 1.45. The van der Waals surface area contributed by atoms with Crippen LogP contribution in [0, 0.1) is 0 Å². The number of carboxylic acids is 1. The van der Waals surface area contributed by atoms with Crippen LogP contribution in [0.5, 0.6) is 11.5 Å². The number of amides is 1. The molecule has 2 aromatic carbocycles. The Morgan fingerprint density at radius 3 is 2.63 bits per heavy atom. The predicted molar refractivity (Wildman–Crippen MR) is 104 cm³/mol. The molecule has 0 saturated carbocycles. The molecule has 2 N–H and O–H groups in total.